The third-order valence-corrected chi connectivity index (χ3v) is 3.24. The molecule has 2 aromatic rings. The third-order valence-electron chi connectivity index (χ3n) is 3.24. The predicted molar refractivity (Wildman–Crippen MR) is 87.1 cm³/mol. The Morgan fingerprint density at radius 3 is 2.68 bits per heavy atom. The number of benzene rings is 1. The smallest absolute Gasteiger partial charge is 0.309 e. The Morgan fingerprint density at radius 1 is 1.23 bits per heavy atom. The molecule has 6 heteroatoms. The van der Waals surface area contributed by atoms with Crippen molar-refractivity contribution in [1.29, 1.82) is 0 Å². The lowest BCUT2D eigenvalue weighted by atomic mass is 10.2. The largest absolute Gasteiger partial charge is 0.351 e. The molecule has 0 atom stereocenters. The van der Waals surface area contributed by atoms with Crippen molar-refractivity contribution < 1.29 is 4.81 Å². The van der Waals surface area contributed by atoms with E-state index >= 15 is 0 Å². The monoisotopic (exact) mass is 301 g/mol. The number of hydrogen-bond acceptors (Lipinski definition) is 3. The topological polar surface area (TPSA) is 64.4 Å². The van der Waals surface area contributed by atoms with E-state index in [9.17, 15) is 4.79 Å². The van der Waals surface area contributed by atoms with Crippen molar-refractivity contribution in [2.24, 2.45) is 5.22 Å². The van der Waals surface area contributed by atoms with Crippen molar-refractivity contribution in [2.45, 2.75) is 40.0 Å². The number of aryl methyl sites for hydroxylation is 1. The van der Waals surface area contributed by atoms with Crippen LogP contribution in [0.2, 0.25) is 0 Å². The Balaban J connectivity index is 2.56. The van der Waals surface area contributed by atoms with E-state index in [0.29, 0.717) is 36.2 Å². The van der Waals surface area contributed by atoms with Gasteiger partial charge in [-0.15, -0.1) is 9.90 Å². The Hall–Kier alpha value is -2.24. The summed E-state index contributed by atoms with van der Waals surface area (Å²) in [5.74, 6) is 0.650. The van der Waals surface area contributed by atoms with E-state index in [-0.39, 0.29) is 5.56 Å². The predicted octanol–water partition coefficient (Wildman–Crippen LogP) is 3.30. The fourth-order valence-electron chi connectivity index (χ4n) is 2.15. The quantitative estimate of drug-likeness (QED) is 0.447. The second-order valence-electron chi connectivity index (χ2n) is 5.07. The maximum Gasteiger partial charge on any atom is 0.351 e. The standard InChI is InChI=1S/C16H23N5O/c1-4-11-17-20(12-5-2)19-21-15(6-3)18-14-10-8-7-9-13(14)16(21)22/h7-10H,4-6,11-12H2,1-3H3. The van der Waals surface area contributed by atoms with Crippen molar-refractivity contribution >= 4 is 10.9 Å². The SMILES string of the molecule is CCC[N-][N+](CCC)=Nn1c(CC)nc2ccccc2c1=O. The van der Waals surface area contributed by atoms with Crippen molar-refractivity contribution in [1.82, 2.24) is 9.66 Å². The van der Waals surface area contributed by atoms with Gasteiger partial charge in [-0.2, -0.15) is 0 Å². The molecule has 2 rings (SSSR count). The van der Waals surface area contributed by atoms with Gasteiger partial charge in [-0.05, 0) is 25.1 Å². The summed E-state index contributed by atoms with van der Waals surface area (Å²) in [7, 11) is 0. The Labute approximate surface area is 130 Å². The summed E-state index contributed by atoms with van der Waals surface area (Å²) in [5.41, 5.74) is 4.97. The molecule has 6 nitrogen and oxygen atoms in total. The van der Waals surface area contributed by atoms with E-state index in [4.69, 9.17) is 0 Å². The maximum atomic E-state index is 12.7. The molecular formula is C16H23N5O. The van der Waals surface area contributed by atoms with Crippen LogP contribution in [-0.4, -0.2) is 27.6 Å². The number of aromatic nitrogens is 2. The lowest BCUT2D eigenvalue weighted by molar-refractivity contribution is -0.554. The summed E-state index contributed by atoms with van der Waals surface area (Å²) in [4.78, 5) is 18.8. The molecule has 0 saturated carbocycles. The van der Waals surface area contributed by atoms with Crippen molar-refractivity contribution in [2.75, 3.05) is 13.1 Å². The second kappa shape index (κ2) is 7.68. The van der Waals surface area contributed by atoms with Crippen molar-refractivity contribution in [3.05, 3.63) is 45.9 Å². The molecule has 0 N–H and O–H groups in total. The second-order valence-corrected chi connectivity index (χ2v) is 5.07. The molecular weight excluding hydrogens is 278 g/mol. The summed E-state index contributed by atoms with van der Waals surface area (Å²) < 4.78 is 1.39. The Morgan fingerprint density at radius 2 is 2.00 bits per heavy atom. The summed E-state index contributed by atoms with van der Waals surface area (Å²) in [6, 6.07) is 7.36. The normalized spacial score (nSPS) is 11.9. The van der Waals surface area contributed by atoms with E-state index in [1.54, 1.807) is 10.9 Å². The summed E-state index contributed by atoms with van der Waals surface area (Å²) >= 11 is 0. The van der Waals surface area contributed by atoms with E-state index in [1.807, 2.05) is 25.1 Å². The molecule has 1 heterocycles. The van der Waals surface area contributed by atoms with Gasteiger partial charge in [-0.3, -0.25) is 0 Å². The highest BCUT2D eigenvalue weighted by atomic mass is 16.1. The maximum absolute atomic E-state index is 12.7. The van der Waals surface area contributed by atoms with Crippen LogP contribution in [0.5, 0.6) is 0 Å². The van der Waals surface area contributed by atoms with Crippen LogP contribution in [0.15, 0.2) is 34.3 Å². The summed E-state index contributed by atoms with van der Waals surface area (Å²) in [6.07, 6.45) is 2.49. The Bertz CT molecular complexity index is 720. The van der Waals surface area contributed by atoms with E-state index < -0.39 is 0 Å². The van der Waals surface area contributed by atoms with Gasteiger partial charge in [-0.1, -0.05) is 39.3 Å². The number of fused-ring (bicyclic) bond motifs is 1. The number of nitrogens with zero attached hydrogens (tertiary/aromatic N) is 5. The molecule has 22 heavy (non-hydrogen) atoms. The van der Waals surface area contributed by atoms with E-state index in [1.165, 1.54) is 4.68 Å². The zero-order valence-electron chi connectivity index (χ0n) is 13.5. The molecule has 1 aromatic heterocycles. The van der Waals surface area contributed by atoms with E-state index in [0.717, 1.165) is 12.8 Å². The van der Waals surface area contributed by atoms with Crippen LogP contribution in [0, 0.1) is 0 Å². The van der Waals surface area contributed by atoms with Gasteiger partial charge in [0.05, 0.1) is 17.4 Å². The average Bonchev–Trinajstić information content (AvgIpc) is 2.55. The molecule has 118 valence electrons. The molecule has 0 aliphatic heterocycles. The summed E-state index contributed by atoms with van der Waals surface area (Å²) in [5, 5.41) is 4.99. The van der Waals surface area contributed by atoms with Crippen LogP contribution < -0.4 is 5.56 Å². The highest BCUT2D eigenvalue weighted by Gasteiger charge is 2.12. The van der Waals surface area contributed by atoms with Crippen LogP contribution in [-0.2, 0) is 6.42 Å². The fraction of sp³-hybridized carbons (Fsp3) is 0.500. The van der Waals surface area contributed by atoms with Crippen LogP contribution in [0.4, 0.5) is 0 Å². The van der Waals surface area contributed by atoms with Gasteiger partial charge < -0.3 is 5.43 Å². The van der Waals surface area contributed by atoms with Crippen LogP contribution in [0.3, 0.4) is 0 Å². The minimum Gasteiger partial charge on any atom is -0.309 e. The molecule has 0 aliphatic carbocycles. The van der Waals surface area contributed by atoms with Crippen LogP contribution in [0.25, 0.3) is 16.3 Å². The molecule has 0 bridgehead atoms. The highest BCUT2D eigenvalue weighted by Crippen LogP contribution is 2.09. The molecule has 0 radical (unpaired) electrons. The number of rotatable bonds is 7. The zero-order valence-corrected chi connectivity index (χ0v) is 13.5. The van der Waals surface area contributed by atoms with Crippen LogP contribution in [0.1, 0.15) is 39.4 Å². The van der Waals surface area contributed by atoms with Gasteiger partial charge in [0.2, 0.25) is 5.82 Å². The molecule has 0 fully saturated rings. The van der Waals surface area contributed by atoms with Gasteiger partial charge >= 0.3 is 5.56 Å². The van der Waals surface area contributed by atoms with Crippen molar-refractivity contribution in [3.63, 3.8) is 0 Å². The molecule has 0 unspecified atom stereocenters. The number of para-hydroxylation sites is 1. The average molecular weight is 301 g/mol. The Kier molecular flexibility index (Phi) is 5.63. The summed E-state index contributed by atoms with van der Waals surface area (Å²) in [6.45, 7) is 7.47. The number of hydrogen-bond donors (Lipinski definition) is 0. The molecule has 0 aliphatic rings. The van der Waals surface area contributed by atoms with Gasteiger partial charge in [0.1, 0.15) is 0 Å². The van der Waals surface area contributed by atoms with Gasteiger partial charge in [0.15, 0.2) is 0 Å². The third kappa shape index (κ3) is 3.50. The van der Waals surface area contributed by atoms with Gasteiger partial charge in [0, 0.05) is 6.42 Å². The first-order chi connectivity index (χ1) is 10.7. The molecule has 0 amide bonds. The van der Waals surface area contributed by atoms with Gasteiger partial charge in [0.25, 0.3) is 0 Å². The molecule has 0 saturated heterocycles. The first-order valence-corrected chi connectivity index (χ1v) is 7.88. The van der Waals surface area contributed by atoms with Crippen molar-refractivity contribution in [3.8, 4) is 0 Å². The first kappa shape index (κ1) is 16.1. The fourth-order valence-corrected chi connectivity index (χ4v) is 2.15. The highest BCUT2D eigenvalue weighted by molar-refractivity contribution is 5.77. The lowest BCUT2D eigenvalue weighted by Crippen LogP contribution is -2.24. The minimum atomic E-state index is -0.143. The van der Waals surface area contributed by atoms with E-state index in [2.05, 4.69) is 29.5 Å². The zero-order chi connectivity index (χ0) is 15.9. The van der Waals surface area contributed by atoms with Gasteiger partial charge in [-0.25, -0.2) is 14.6 Å². The molecule has 0 spiro atoms. The van der Waals surface area contributed by atoms with Crippen LogP contribution >= 0.6 is 0 Å². The molecule has 1 aromatic carbocycles. The lowest BCUT2D eigenvalue weighted by Gasteiger charge is -2.15. The first-order valence-electron chi connectivity index (χ1n) is 7.88. The minimum absolute atomic E-state index is 0.143.